The molecule has 1 aromatic carbocycles. The first-order chi connectivity index (χ1) is 11.6. The molecular weight excluding hydrogens is 322 g/mol. The first-order valence-corrected chi connectivity index (χ1v) is 9.21. The first kappa shape index (κ1) is 16.9. The van der Waals surface area contributed by atoms with Crippen LogP contribution in [0.2, 0.25) is 0 Å². The number of nitrogens with one attached hydrogen (secondary N) is 2. The Morgan fingerprint density at radius 1 is 1.33 bits per heavy atom. The summed E-state index contributed by atoms with van der Waals surface area (Å²) in [7, 11) is 0. The Morgan fingerprint density at radius 2 is 2.04 bits per heavy atom. The van der Waals surface area contributed by atoms with Crippen LogP contribution in [0.15, 0.2) is 35.7 Å². The van der Waals surface area contributed by atoms with E-state index in [0.717, 1.165) is 41.9 Å². The molecule has 1 unspecified atom stereocenters. The molecule has 1 saturated carbocycles. The molecule has 128 valence electrons. The van der Waals surface area contributed by atoms with Crippen LogP contribution in [0, 0.1) is 0 Å². The lowest BCUT2D eigenvalue weighted by molar-refractivity contribution is 0.0500. The maximum atomic E-state index is 12.0. The van der Waals surface area contributed by atoms with Crippen molar-refractivity contribution in [2.75, 3.05) is 6.54 Å². The molecule has 0 bridgehead atoms. The molecule has 1 aliphatic rings. The molecular formula is C18H23N3O2S. The summed E-state index contributed by atoms with van der Waals surface area (Å²) < 4.78 is 0. The van der Waals surface area contributed by atoms with Gasteiger partial charge in [-0.25, -0.2) is 9.78 Å². The van der Waals surface area contributed by atoms with Crippen molar-refractivity contribution in [3.63, 3.8) is 0 Å². The third-order valence-electron chi connectivity index (χ3n) is 4.42. The van der Waals surface area contributed by atoms with Gasteiger partial charge in [-0.3, -0.25) is 0 Å². The Balaban J connectivity index is 1.54. The summed E-state index contributed by atoms with van der Waals surface area (Å²) in [5.74, 6) is 0. The minimum Gasteiger partial charge on any atom is -0.388 e. The Bertz CT molecular complexity index is 681. The summed E-state index contributed by atoms with van der Waals surface area (Å²) in [4.78, 5) is 16.7. The van der Waals surface area contributed by atoms with Crippen LogP contribution < -0.4 is 10.6 Å². The van der Waals surface area contributed by atoms with E-state index in [4.69, 9.17) is 0 Å². The molecule has 1 fully saturated rings. The van der Waals surface area contributed by atoms with E-state index in [0.29, 0.717) is 6.54 Å². The average molecular weight is 345 g/mol. The Morgan fingerprint density at radius 3 is 2.75 bits per heavy atom. The zero-order valence-corrected chi connectivity index (χ0v) is 14.6. The monoisotopic (exact) mass is 345 g/mol. The molecule has 6 heteroatoms. The third-order valence-corrected chi connectivity index (χ3v) is 5.45. The van der Waals surface area contributed by atoms with Gasteiger partial charge >= 0.3 is 6.03 Å². The van der Waals surface area contributed by atoms with Crippen molar-refractivity contribution in [3.8, 4) is 11.3 Å². The molecule has 3 rings (SSSR count). The summed E-state index contributed by atoms with van der Waals surface area (Å²) in [6.07, 6.45) is 3.57. The lowest BCUT2D eigenvalue weighted by Crippen LogP contribution is -2.45. The van der Waals surface area contributed by atoms with Gasteiger partial charge in [0.25, 0.3) is 0 Å². The Labute approximate surface area is 146 Å². The maximum absolute atomic E-state index is 12.0. The summed E-state index contributed by atoms with van der Waals surface area (Å²) in [6.45, 7) is 2.22. The van der Waals surface area contributed by atoms with E-state index in [1.54, 1.807) is 0 Å². The number of carbonyl (C=O) groups is 1. The molecule has 0 saturated heterocycles. The predicted molar refractivity (Wildman–Crippen MR) is 95.9 cm³/mol. The van der Waals surface area contributed by atoms with Crippen LogP contribution in [0.1, 0.15) is 43.7 Å². The fourth-order valence-electron chi connectivity index (χ4n) is 2.99. The van der Waals surface area contributed by atoms with Crippen LogP contribution >= 0.6 is 11.3 Å². The topological polar surface area (TPSA) is 74.2 Å². The van der Waals surface area contributed by atoms with Crippen molar-refractivity contribution < 1.29 is 9.90 Å². The molecule has 5 nitrogen and oxygen atoms in total. The van der Waals surface area contributed by atoms with Gasteiger partial charge < -0.3 is 15.7 Å². The van der Waals surface area contributed by atoms with Gasteiger partial charge in [-0.2, -0.15) is 0 Å². The summed E-state index contributed by atoms with van der Waals surface area (Å²) in [6, 6.07) is 9.54. The minimum atomic E-state index is -0.734. The fraction of sp³-hybridized carbons (Fsp3) is 0.444. The van der Waals surface area contributed by atoms with Crippen molar-refractivity contribution in [3.05, 3.63) is 40.7 Å². The molecule has 24 heavy (non-hydrogen) atoms. The van der Waals surface area contributed by atoms with Crippen LogP contribution in [-0.2, 0) is 0 Å². The second-order valence-corrected chi connectivity index (χ2v) is 7.31. The number of urea groups is 1. The highest BCUT2D eigenvalue weighted by Gasteiger charge is 2.31. The zero-order valence-electron chi connectivity index (χ0n) is 13.8. The molecule has 1 heterocycles. The van der Waals surface area contributed by atoms with E-state index in [1.807, 2.05) is 42.6 Å². The maximum Gasteiger partial charge on any atom is 0.315 e. The molecule has 3 N–H and O–H groups in total. The number of nitrogens with zero attached hydrogens (tertiary/aromatic N) is 1. The highest BCUT2D eigenvalue weighted by Crippen LogP contribution is 2.28. The van der Waals surface area contributed by atoms with Gasteiger partial charge in [-0.1, -0.05) is 43.2 Å². The summed E-state index contributed by atoms with van der Waals surface area (Å²) in [5.41, 5.74) is 1.26. The second-order valence-electron chi connectivity index (χ2n) is 6.42. The van der Waals surface area contributed by atoms with E-state index in [1.165, 1.54) is 11.3 Å². The van der Waals surface area contributed by atoms with Gasteiger partial charge in [0.05, 0.1) is 17.3 Å². The van der Waals surface area contributed by atoms with E-state index in [-0.39, 0.29) is 12.1 Å². The molecule has 0 radical (unpaired) electrons. The quantitative estimate of drug-likeness (QED) is 0.777. The molecule has 2 aromatic rings. The van der Waals surface area contributed by atoms with Crippen molar-refractivity contribution >= 4 is 17.4 Å². The van der Waals surface area contributed by atoms with Crippen LogP contribution in [-0.4, -0.2) is 28.3 Å². The zero-order chi connectivity index (χ0) is 17.0. The van der Waals surface area contributed by atoms with E-state index < -0.39 is 5.60 Å². The Kier molecular flexibility index (Phi) is 5.16. The average Bonchev–Trinajstić information content (AvgIpc) is 3.24. The van der Waals surface area contributed by atoms with Gasteiger partial charge in [0.2, 0.25) is 0 Å². The second kappa shape index (κ2) is 7.32. The number of benzene rings is 1. The van der Waals surface area contributed by atoms with Crippen LogP contribution in [0.3, 0.4) is 0 Å². The summed E-state index contributed by atoms with van der Waals surface area (Å²) >= 11 is 1.53. The highest BCUT2D eigenvalue weighted by molar-refractivity contribution is 7.10. The number of carbonyl (C=O) groups excluding carboxylic acids is 1. The largest absolute Gasteiger partial charge is 0.388 e. The van der Waals surface area contributed by atoms with Gasteiger partial charge in [-0.15, -0.1) is 11.3 Å². The lowest BCUT2D eigenvalue weighted by Gasteiger charge is -2.23. The number of rotatable bonds is 5. The smallest absolute Gasteiger partial charge is 0.315 e. The van der Waals surface area contributed by atoms with Crippen LogP contribution in [0.4, 0.5) is 4.79 Å². The lowest BCUT2D eigenvalue weighted by atomic mass is 10.0. The van der Waals surface area contributed by atoms with E-state index >= 15 is 0 Å². The normalized spacial score (nSPS) is 17.4. The number of amides is 2. The van der Waals surface area contributed by atoms with Gasteiger partial charge in [0.15, 0.2) is 0 Å². The van der Waals surface area contributed by atoms with Crippen molar-refractivity contribution in [1.82, 2.24) is 15.6 Å². The number of hydrogen-bond donors (Lipinski definition) is 3. The minimum absolute atomic E-state index is 0.175. The molecule has 1 aliphatic carbocycles. The van der Waals surface area contributed by atoms with Crippen LogP contribution in [0.25, 0.3) is 11.3 Å². The van der Waals surface area contributed by atoms with E-state index in [2.05, 4.69) is 15.6 Å². The summed E-state index contributed by atoms with van der Waals surface area (Å²) in [5, 5.41) is 18.8. The Hall–Kier alpha value is -1.92. The predicted octanol–water partition coefficient (Wildman–Crippen LogP) is 3.48. The number of aromatic nitrogens is 1. The molecule has 1 aromatic heterocycles. The first-order valence-electron chi connectivity index (χ1n) is 8.33. The molecule has 1 atom stereocenters. The third kappa shape index (κ3) is 4.13. The number of thiazole rings is 1. The van der Waals surface area contributed by atoms with E-state index in [9.17, 15) is 9.90 Å². The molecule has 0 aliphatic heterocycles. The van der Waals surface area contributed by atoms with Gasteiger partial charge in [0.1, 0.15) is 5.01 Å². The van der Waals surface area contributed by atoms with Crippen molar-refractivity contribution in [1.29, 1.82) is 0 Å². The van der Waals surface area contributed by atoms with Crippen LogP contribution in [0.5, 0.6) is 0 Å². The standard InChI is InChI=1S/C18H23N3O2S/c1-13(20-17(22)19-12-18(23)9-5-6-10-18)16-21-15(11-24-16)14-7-3-2-4-8-14/h2-4,7-8,11,13,23H,5-6,9-10,12H2,1H3,(H2,19,20,22). The number of aliphatic hydroxyl groups is 1. The molecule has 0 spiro atoms. The van der Waals surface area contributed by atoms with Gasteiger partial charge in [0, 0.05) is 17.5 Å². The SMILES string of the molecule is CC(NC(=O)NCC1(O)CCCC1)c1nc(-c2ccccc2)cs1. The van der Waals surface area contributed by atoms with Crippen molar-refractivity contribution in [2.45, 2.75) is 44.2 Å². The molecule has 2 amide bonds. The van der Waals surface area contributed by atoms with Gasteiger partial charge in [-0.05, 0) is 19.8 Å². The number of hydrogen-bond acceptors (Lipinski definition) is 4. The highest BCUT2D eigenvalue weighted by atomic mass is 32.1. The van der Waals surface area contributed by atoms with Crippen molar-refractivity contribution in [2.24, 2.45) is 0 Å². The fourth-order valence-corrected chi connectivity index (χ4v) is 3.83.